The van der Waals surface area contributed by atoms with Crippen molar-refractivity contribution in [2.75, 3.05) is 6.61 Å². The van der Waals surface area contributed by atoms with Crippen molar-refractivity contribution < 1.29 is 35.4 Å². The lowest BCUT2D eigenvalue weighted by Crippen LogP contribution is -2.58. The molecule has 0 amide bonds. The van der Waals surface area contributed by atoms with E-state index in [4.69, 9.17) is 30.6 Å². The van der Waals surface area contributed by atoms with E-state index in [2.05, 4.69) is 0 Å². The summed E-state index contributed by atoms with van der Waals surface area (Å²) in [6, 6.07) is 0. The van der Waals surface area contributed by atoms with Crippen molar-refractivity contribution in [2.45, 2.75) is 24.1 Å². The number of carbonyl (C=O) groups is 1. The third-order valence-corrected chi connectivity index (χ3v) is 1.56. The fourth-order valence-electron chi connectivity index (χ4n) is 0.657. The van der Waals surface area contributed by atoms with Crippen molar-refractivity contribution in [3.63, 3.8) is 0 Å². The van der Waals surface area contributed by atoms with Gasteiger partial charge in [-0.05, 0) is 0 Å². The monoisotopic (exact) mass is 196 g/mol. The van der Waals surface area contributed by atoms with Crippen molar-refractivity contribution in [3.05, 3.63) is 0 Å². The van der Waals surface area contributed by atoms with E-state index in [1.807, 2.05) is 0 Å². The summed E-state index contributed by atoms with van der Waals surface area (Å²) in [4.78, 5) is 9.93. The quantitative estimate of drug-likeness (QED) is 0.194. The number of carbonyl (C=O) groups excluding carboxylic acids is 1. The molecule has 0 bridgehead atoms. The van der Waals surface area contributed by atoms with E-state index in [-0.39, 0.29) is 6.29 Å². The molecule has 7 nitrogen and oxygen atoms in total. The average Bonchev–Trinajstić information content (AvgIpc) is 2.13. The minimum Gasteiger partial charge on any atom is -0.393 e. The topological polar surface area (TPSA) is 138 Å². The minimum absolute atomic E-state index is 0.129. The van der Waals surface area contributed by atoms with Crippen LogP contribution in [0, 0.1) is 0 Å². The third-order valence-electron chi connectivity index (χ3n) is 1.56. The maximum Gasteiger partial charge on any atom is 0.221 e. The molecule has 6 N–H and O–H groups in total. The van der Waals surface area contributed by atoms with Crippen molar-refractivity contribution in [1.82, 2.24) is 0 Å². The second-order valence-corrected chi connectivity index (χ2v) is 2.55. The van der Waals surface area contributed by atoms with Gasteiger partial charge < -0.3 is 35.4 Å². The highest BCUT2D eigenvalue weighted by Crippen LogP contribution is 2.14. The Bertz CT molecular complexity index is 168. The minimum atomic E-state index is -3.13. The lowest BCUT2D eigenvalue weighted by atomic mass is 10.00. The molecule has 0 aromatic rings. The molecule has 0 aromatic carbocycles. The van der Waals surface area contributed by atoms with Crippen molar-refractivity contribution in [1.29, 1.82) is 0 Å². The van der Waals surface area contributed by atoms with E-state index >= 15 is 0 Å². The Morgan fingerprint density at radius 1 is 1.23 bits per heavy atom. The van der Waals surface area contributed by atoms with Gasteiger partial charge in [0.05, 0.1) is 6.61 Å². The molecule has 0 saturated heterocycles. The predicted molar refractivity (Wildman–Crippen MR) is 38.3 cm³/mol. The van der Waals surface area contributed by atoms with Crippen LogP contribution in [0.4, 0.5) is 0 Å². The highest BCUT2D eigenvalue weighted by molar-refractivity contribution is 5.56. The first-order valence-electron chi connectivity index (χ1n) is 3.43. The Morgan fingerprint density at radius 2 is 1.69 bits per heavy atom. The fourth-order valence-corrected chi connectivity index (χ4v) is 0.657. The molecule has 0 spiro atoms. The zero-order chi connectivity index (χ0) is 10.6. The van der Waals surface area contributed by atoms with E-state index in [1.54, 1.807) is 0 Å². The van der Waals surface area contributed by atoms with Gasteiger partial charge in [-0.1, -0.05) is 0 Å². The Kier molecular flexibility index (Phi) is 4.40. The maximum atomic E-state index is 9.93. The van der Waals surface area contributed by atoms with Gasteiger partial charge in [-0.15, -0.1) is 0 Å². The number of hydrogen-bond donors (Lipinski definition) is 6. The summed E-state index contributed by atoms with van der Waals surface area (Å²) < 4.78 is 0. The molecule has 0 unspecified atom stereocenters. The Hall–Kier alpha value is -0.570. The SMILES string of the molecule is O=C[C@@H](O)[C@@H](O)C(O)(O)[C@H](O)CO. The van der Waals surface area contributed by atoms with Crippen LogP contribution in [0.1, 0.15) is 0 Å². The molecule has 3 atom stereocenters. The molecule has 0 radical (unpaired) electrons. The van der Waals surface area contributed by atoms with Gasteiger partial charge >= 0.3 is 0 Å². The fraction of sp³-hybridized carbons (Fsp3) is 0.833. The summed E-state index contributed by atoms with van der Waals surface area (Å²) in [6.45, 7) is -1.03. The highest BCUT2D eigenvalue weighted by atomic mass is 16.5. The molecule has 0 aliphatic carbocycles. The smallest absolute Gasteiger partial charge is 0.221 e. The van der Waals surface area contributed by atoms with Gasteiger partial charge in [0.2, 0.25) is 5.79 Å². The van der Waals surface area contributed by atoms with Gasteiger partial charge in [-0.2, -0.15) is 0 Å². The zero-order valence-corrected chi connectivity index (χ0v) is 6.61. The Labute approximate surface area is 73.5 Å². The van der Waals surface area contributed by atoms with Crippen LogP contribution in [-0.2, 0) is 4.79 Å². The van der Waals surface area contributed by atoms with E-state index < -0.39 is 30.7 Å². The van der Waals surface area contributed by atoms with Crippen molar-refractivity contribution in [2.24, 2.45) is 0 Å². The summed E-state index contributed by atoms with van der Waals surface area (Å²) in [5.41, 5.74) is 0. The molecule has 78 valence electrons. The van der Waals surface area contributed by atoms with Crippen LogP contribution in [-0.4, -0.2) is 67.6 Å². The van der Waals surface area contributed by atoms with Crippen LogP contribution in [0.25, 0.3) is 0 Å². The van der Waals surface area contributed by atoms with Crippen LogP contribution in [0.3, 0.4) is 0 Å². The third kappa shape index (κ3) is 2.69. The number of aldehydes is 1. The first kappa shape index (κ1) is 12.4. The van der Waals surface area contributed by atoms with Crippen molar-refractivity contribution in [3.8, 4) is 0 Å². The molecular formula is C6H12O7. The van der Waals surface area contributed by atoms with E-state index in [9.17, 15) is 4.79 Å². The molecule has 7 heteroatoms. The predicted octanol–water partition coefficient (Wildman–Crippen LogP) is -4.06. The van der Waals surface area contributed by atoms with E-state index in [0.29, 0.717) is 0 Å². The molecule has 0 rings (SSSR count). The van der Waals surface area contributed by atoms with Gasteiger partial charge in [0.25, 0.3) is 0 Å². The van der Waals surface area contributed by atoms with Gasteiger partial charge in [0, 0.05) is 0 Å². The first-order chi connectivity index (χ1) is 5.87. The molecule has 0 saturated carbocycles. The summed E-state index contributed by atoms with van der Waals surface area (Å²) in [5, 5.41) is 52.5. The van der Waals surface area contributed by atoms with Crippen molar-refractivity contribution >= 4 is 6.29 Å². The molecule has 0 heterocycles. The number of aliphatic hydroxyl groups is 6. The average molecular weight is 196 g/mol. The molecule has 13 heavy (non-hydrogen) atoms. The van der Waals surface area contributed by atoms with Gasteiger partial charge in [0.15, 0.2) is 6.29 Å². The lowest BCUT2D eigenvalue weighted by Gasteiger charge is -2.31. The summed E-state index contributed by atoms with van der Waals surface area (Å²) in [7, 11) is 0. The Morgan fingerprint density at radius 3 is 2.00 bits per heavy atom. The molecule has 0 aliphatic rings. The molecular weight excluding hydrogens is 184 g/mol. The van der Waals surface area contributed by atoms with Crippen LogP contribution in [0.2, 0.25) is 0 Å². The summed E-state index contributed by atoms with van der Waals surface area (Å²) in [5.74, 6) is -3.13. The molecule has 0 aromatic heterocycles. The normalized spacial score (nSPS) is 19.2. The van der Waals surface area contributed by atoms with Crippen LogP contribution >= 0.6 is 0 Å². The van der Waals surface area contributed by atoms with Crippen LogP contribution in [0.5, 0.6) is 0 Å². The standard InChI is InChI=1S/C6H12O7/c7-1-3(9)5(11)6(12,13)4(10)2-8/h1,3-5,8-13H,2H2/t3-,4-,5-/m1/s1. The van der Waals surface area contributed by atoms with E-state index in [1.165, 1.54) is 0 Å². The molecule has 0 aliphatic heterocycles. The van der Waals surface area contributed by atoms with Crippen LogP contribution in [0.15, 0.2) is 0 Å². The highest BCUT2D eigenvalue weighted by Gasteiger charge is 2.44. The second kappa shape index (κ2) is 4.61. The number of aliphatic hydroxyl groups excluding tert-OH is 4. The number of rotatable bonds is 5. The van der Waals surface area contributed by atoms with Crippen LogP contribution < -0.4 is 0 Å². The second-order valence-electron chi connectivity index (χ2n) is 2.55. The summed E-state index contributed by atoms with van der Waals surface area (Å²) in [6.07, 6.45) is -6.53. The van der Waals surface area contributed by atoms with Gasteiger partial charge in [-0.25, -0.2) is 0 Å². The first-order valence-corrected chi connectivity index (χ1v) is 3.43. The largest absolute Gasteiger partial charge is 0.393 e. The Balaban J connectivity index is 4.51. The van der Waals surface area contributed by atoms with E-state index in [0.717, 1.165) is 0 Å². The van der Waals surface area contributed by atoms with Gasteiger partial charge in [0.1, 0.15) is 18.3 Å². The number of hydrogen-bond acceptors (Lipinski definition) is 7. The van der Waals surface area contributed by atoms with Gasteiger partial charge in [-0.3, -0.25) is 0 Å². The lowest BCUT2D eigenvalue weighted by molar-refractivity contribution is -0.291. The maximum absolute atomic E-state index is 9.93. The summed E-state index contributed by atoms with van der Waals surface area (Å²) >= 11 is 0. The molecule has 0 fully saturated rings. The zero-order valence-electron chi connectivity index (χ0n) is 6.61.